The molecule has 0 aliphatic rings. The second kappa shape index (κ2) is 42.4. The van der Waals surface area contributed by atoms with E-state index in [1.807, 2.05) is 0 Å². The van der Waals surface area contributed by atoms with Gasteiger partial charge in [0.05, 0.1) is 126 Å². The monoisotopic (exact) mass is 688 g/mol. The lowest BCUT2D eigenvalue weighted by Crippen LogP contribution is -2.15. The first kappa shape index (κ1) is 45.4. The van der Waals surface area contributed by atoms with Crippen LogP contribution in [0.4, 0.5) is 0 Å². The van der Waals surface area contributed by atoms with E-state index in [4.69, 9.17) is 63.7 Å². The van der Waals surface area contributed by atoms with Gasteiger partial charge in [-0.1, -0.05) is 39.0 Å². The SMILES string of the molecule is CCCCCCC(=O)OCCOCCOCCOCCOCCOCCOCCOCCOCCOCCOCCCCCCCl. The molecule has 0 atom stereocenters. The van der Waals surface area contributed by atoms with Crippen molar-refractivity contribution >= 4 is 17.6 Å². The summed E-state index contributed by atoms with van der Waals surface area (Å²) in [5, 5.41) is 0. The molecule has 0 rings (SSSR count). The molecule has 0 aromatic carbocycles. The molecule has 0 radical (unpaired) electrons. The normalized spacial score (nSPS) is 11.4. The summed E-state index contributed by atoms with van der Waals surface area (Å²) in [6, 6.07) is 0. The van der Waals surface area contributed by atoms with Crippen molar-refractivity contribution in [2.75, 3.05) is 145 Å². The van der Waals surface area contributed by atoms with Gasteiger partial charge < -0.3 is 52.1 Å². The van der Waals surface area contributed by atoms with Crippen molar-refractivity contribution in [1.29, 1.82) is 0 Å². The Hall–Kier alpha value is -0.640. The van der Waals surface area contributed by atoms with Crippen molar-refractivity contribution < 1.29 is 56.9 Å². The van der Waals surface area contributed by atoms with Gasteiger partial charge >= 0.3 is 5.97 Å². The number of hydrogen-bond donors (Lipinski definition) is 0. The lowest BCUT2D eigenvalue weighted by Gasteiger charge is -2.09. The van der Waals surface area contributed by atoms with Crippen molar-refractivity contribution in [2.45, 2.75) is 64.7 Å². The van der Waals surface area contributed by atoms with Gasteiger partial charge in [-0.05, 0) is 19.3 Å². The predicted molar refractivity (Wildman–Crippen MR) is 177 cm³/mol. The van der Waals surface area contributed by atoms with E-state index in [1.165, 1.54) is 12.8 Å². The standard InChI is InChI=1S/C33H65ClO12/c1-2-3-4-7-10-33(35)46-32-31-45-30-29-44-28-27-43-26-25-42-24-23-41-22-21-40-20-19-39-18-17-38-16-15-37-14-13-36-12-9-6-5-8-11-34/h2-32H2,1H3. The highest BCUT2D eigenvalue weighted by molar-refractivity contribution is 6.17. The summed E-state index contributed by atoms with van der Waals surface area (Å²) in [4.78, 5) is 11.5. The Morgan fingerprint density at radius 2 is 0.674 bits per heavy atom. The molecule has 0 saturated carbocycles. The van der Waals surface area contributed by atoms with Crippen molar-refractivity contribution in [3.63, 3.8) is 0 Å². The zero-order valence-corrected chi connectivity index (χ0v) is 29.5. The Bertz CT molecular complexity index is 577. The van der Waals surface area contributed by atoms with E-state index < -0.39 is 0 Å². The Labute approximate surface area is 283 Å². The molecule has 0 bridgehead atoms. The van der Waals surface area contributed by atoms with E-state index >= 15 is 0 Å². The number of carbonyl (C=O) groups is 1. The summed E-state index contributed by atoms with van der Waals surface area (Å²) in [6.07, 6.45) is 9.26. The zero-order chi connectivity index (χ0) is 33.3. The minimum atomic E-state index is -0.151. The van der Waals surface area contributed by atoms with Gasteiger partial charge in [0.1, 0.15) is 6.61 Å². The molecule has 0 spiro atoms. The molecule has 13 heteroatoms. The third-order valence-electron chi connectivity index (χ3n) is 6.25. The second-order valence-corrected chi connectivity index (χ2v) is 10.6. The molecule has 0 amide bonds. The van der Waals surface area contributed by atoms with Crippen LogP contribution in [0.3, 0.4) is 0 Å². The van der Waals surface area contributed by atoms with E-state index in [0.717, 1.165) is 51.0 Å². The van der Waals surface area contributed by atoms with Gasteiger partial charge in [-0.2, -0.15) is 0 Å². The predicted octanol–water partition coefficient (Wildman–Crippen LogP) is 4.47. The van der Waals surface area contributed by atoms with Gasteiger partial charge in [0, 0.05) is 18.9 Å². The van der Waals surface area contributed by atoms with Crippen molar-refractivity contribution in [3.05, 3.63) is 0 Å². The maximum Gasteiger partial charge on any atom is 0.305 e. The first-order valence-electron chi connectivity index (χ1n) is 17.3. The number of esters is 1. The van der Waals surface area contributed by atoms with E-state index in [-0.39, 0.29) is 12.6 Å². The van der Waals surface area contributed by atoms with Crippen LogP contribution in [0.15, 0.2) is 0 Å². The number of unbranched alkanes of at least 4 members (excludes halogenated alkanes) is 6. The van der Waals surface area contributed by atoms with E-state index in [0.29, 0.717) is 132 Å². The molecular weight excluding hydrogens is 624 g/mol. The Balaban J connectivity index is 3.07. The van der Waals surface area contributed by atoms with E-state index in [1.54, 1.807) is 0 Å². The van der Waals surface area contributed by atoms with Crippen molar-refractivity contribution in [3.8, 4) is 0 Å². The highest BCUT2D eigenvalue weighted by Crippen LogP contribution is 2.03. The van der Waals surface area contributed by atoms with Crippen LogP contribution in [0.5, 0.6) is 0 Å². The number of ether oxygens (including phenoxy) is 11. The number of hydrogen-bond acceptors (Lipinski definition) is 12. The summed E-state index contributed by atoms with van der Waals surface area (Å²) in [5.41, 5.74) is 0. The minimum absolute atomic E-state index is 0.151. The average molecular weight is 689 g/mol. The first-order chi connectivity index (χ1) is 22.8. The molecule has 0 aliphatic carbocycles. The number of carbonyl (C=O) groups excluding carboxylic acids is 1. The maximum atomic E-state index is 11.5. The molecule has 46 heavy (non-hydrogen) atoms. The maximum absolute atomic E-state index is 11.5. The molecule has 0 aromatic heterocycles. The molecule has 0 aliphatic heterocycles. The van der Waals surface area contributed by atoms with Crippen LogP contribution < -0.4 is 0 Å². The van der Waals surface area contributed by atoms with Gasteiger partial charge in [-0.15, -0.1) is 11.6 Å². The Morgan fingerprint density at radius 3 is 1.02 bits per heavy atom. The fourth-order valence-corrected chi connectivity index (χ4v) is 3.91. The summed E-state index contributed by atoms with van der Waals surface area (Å²) >= 11 is 5.65. The van der Waals surface area contributed by atoms with Crippen LogP contribution in [0.25, 0.3) is 0 Å². The fourth-order valence-electron chi connectivity index (χ4n) is 3.72. The van der Waals surface area contributed by atoms with Crippen LogP contribution in [0.2, 0.25) is 0 Å². The molecular formula is C33H65ClO12. The molecule has 0 fully saturated rings. The van der Waals surface area contributed by atoms with Crippen molar-refractivity contribution in [2.24, 2.45) is 0 Å². The Kier molecular flexibility index (Phi) is 41.8. The zero-order valence-electron chi connectivity index (χ0n) is 28.7. The topological polar surface area (TPSA) is 119 Å². The third-order valence-corrected chi connectivity index (χ3v) is 6.51. The van der Waals surface area contributed by atoms with Gasteiger partial charge in [-0.25, -0.2) is 0 Å². The lowest BCUT2D eigenvalue weighted by molar-refractivity contribution is -0.145. The van der Waals surface area contributed by atoms with E-state index in [2.05, 4.69) is 6.92 Å². The molecule has 12 nitrogen and oxygen atoms in total. The number of alkyl halides is 1. The molecule has 0 heterocycles. The van der Waals surface area contributed by atoms with Crippen LogP contribution >= 0.6 is 11.6 Å². The third kappa shape index (κ3) is 41.4. The molecule has 0 aromatic rings. The van der Waals surface area contributed by atoms with Crippen LogP contribution in [0, 0.1) is 0 Å². The van der Waals surface area contributed by atoms with Gasteiger partial charge in [0.15, 0.2) is 0 Å². The molecule has 0 saturated heterocycles. The molecule has 0 N–H and O–H groups in total. The highest BCUT2D eigenvalue weighted by atomic mass is 35.5. The number of rotatable bonds is 41. The average Bonchev–Trinajstić information content (AvgIpc) is 3.06. The van der Waals surface area contributed by atoms with Crippen LogP contribution in [-0.4, -0.2) is 151 Å². The van der Waals surface area contributed by atoms with E-state index in [9.17, 15) is 4.79 Å². The first-order valence-corrected chi connectivity index (χ1v) is 17.8. The summed E-state index contributed by atoms with van der Waals surface area (Å²) in [7, 11) is 0. The summed E-state index contributed by atoms with van der Waals surface area (Å²) in [5.74, 6) is 0.591. The second-order valence-electron chi connectivity index (χ2n) is 10.3. The van der Waals surface area contributed by atoms with Gasteiger partial charge in [0.2, 0.25) is 0 Å². The van der Waals surface area contributed by atoms with Gasteiger partial charge in [-0.3, -0.25) is 4.79 Å². The summed E-state index contributed by atoms with van der Waals surface area (Å²) < 4.78 is 59.8. The molecule has 0 unspecified atom stereocenters. The lowest BCUT2D eigenvalue weighted by atomic mass is 10.2. The largest absolute Gasteiger partial charge is 0.463 e. The smallest absolute Gasteiger partial charge is 0.305 e. The Morgan fingerprint density at radius 1 is 0.370 bits per heavy atom. The van der Waals surface area contributed by atoms with Crippen LogP contribution in [-0.2, 0) is 56.9 Å². The minimum Gasteiger partial charge on any atom is -0.463 e. The highest BCUT2D eigenvalue weighted by Gasteiger charge is 2.02. The van der Waals surface area contributed by atoms with Crippen molar-refractivity contribution in [1.82, 2.24) is 0 Å². The van der Waals surface area contributed by atoms with Gasteiger partial charge in [0.25, 0.3) is 0 Å². The van der Waals surface area contributed by atoms with Crippen LogP contribution in [0.1, 0.15) is 64.7 Å². The fraction of sp³-hybridized carbons (Fsp3) is 0.970. The molecule has 276 valence electrons. The summed E-state index contributed by atoms with van der Waals surface area (Å²) in [6.45, 7) is 12.9. The quantitative estimate of drug-likeness (QED) is 0.0513. The number of halogens is 1.